The molecule has 0 saturated heterocycles. The van der Waals surface area contributed by atoms with Crippen molar-refractivity contribution in [2.24, 2.45) is 0 Å². The third-order valence-electron chi connectivity index (χ3n) is 2.86. The monoisotopic (exact) mass is 345 g/mol. The van der Waals surface area contributed by atoms with Crippen LogP contribution in [0.3, 0.4) is 0 Å². The molecule has 9 heteroatoms. The maximum atomic E-state index is 11.1. The van der Waals surface area contributed by atoms with Gasteiger partial charge in [0.2, 0.25) is 16.3 Å². The molecule has 1 N–H and O–H groups in total. The zero-order valence-electron chi connectivity index (χ0n) is 13.4. The molecule has 0 bridgehead atoms. The van der Waals surface area contributed by atoms with E-state index in [4.69, 9.17) is 0 Å². The van der Waals surface area contributed by atoms with E-state index >= 15 is 0 Å². The molecule has 0 radical (unpaired) electrons. The van der Waals surface area contributed by atoms with Crippen LogP contribution in [-0.2, 0) is 24.2 Å². The first-order chi connectivity index (χ1) is 9.81. The Labute approximate surface area is 154 Å². The molecule has 0 atom stereocenters. The number of ketones is 1. The second-order valence-corrected chi connectivity index (χ2v) is 6.00. The summed E-state index contributed by atoms with van der Waals surface area (Å²) in [5.74, 6) is -0.377. The summed E-state index contributed by atoms with van der Waals surface area (Å²) in [4.78, 5) is 21.8. The smallest absolute Gasteiger partial charge is 0.726 e. The van der Waals surface area contributed by atoms with Gasteiger partial charge in [0.05, 0.1) is 0 Å². The standard InChI is InChI=1S/C13H25NO6S.Na/c1-12(15)9-7-5-3-2-4-6-8-10-14-13(16)11-20-21(17,18)19;/h2-11H2,1H3,(H,14,16)(H,17,18,19);/q;+1/p-1. The minimum atomic E-state index is -4.81. The van der Waals surface area contributed by atoms with Gasteiger partial charge in [0.25, 0.3) is 0 Å². The van der Waals surface area contributed by atoms with Gasteiger partial charge in [0.15, 0.2) is 0 Å². The van der Waals surface area contributed by atoms with Crippen LogP contribution < -0.4 is 34.9 Å². The number of amides is 1. The van der Waals surface area contributed by atoms with Gasteiger partial charge in [-0.25, -0.2) is 8.42 Å². The molecule has 22 heavy (non-hydrogen) atoms. The molecular weight excluding hydrogens is 321 g/mol. The maximum Gasteiger partial charge on any atom is 1.00 e. The molecule has 0 aromatic rings. The van der Waals surface area contributed by atoms with Crippen LogP contribution in [0, 0.1) is 0 Å². The summed E-state index contributed by atoms with van der Waals surface area (Å²) in [6, 6.07) is 0. The summed E-state index contributed by atoms with van der Waals surface area (Å²) in [6.07, 6.45) is 7.70. The fourth-order valence-electron chi connectivity index (χ4n) is 1.79. The predicted octanol–water partition coefficient (Wildman–Crippen LogP) is -1.71. The van der Waals surface area contributed by atoms with Gasteiger partial charge in [0, 0.05) is 13.0 Å². The van der Waals surface area contributed by atoms with E-state index in [0.29, 0.717) is 13.0 Å². The minimum absolute atomic E-state index is 0. The van der Waals surface area contributed by atoms with E-state index in [0.717, 1.165) is 44.9 Å². The Morgan fingerprint density at radius 1 is 1.00 bits per heavy atom. The predicted molar refractivity (Wildman–Crippen MR) is 76.3 cm³/mol. The fraction of sp³-hybridized carbons (Fsp3) is 0.846. The van der Waals surface area contributed by atoms with Crippen molar-refractivity contribution in [1.29, 1.82) is 0 Å². The second-order valence-electron chi connectivity index (χ2n) is 4.95. The Kier molecular flexibility index (Phi) is 16.1. The van der Waals surface area contributed by atoms with E-state index in [9.17, 15) is 22.6 Å². The van der Waals surface area contributed by atoms with Crippen molar-refractivity contribution >= 4 is 22.1 Å². The largest absolute Gasteiger partial charge is 1.00 e. The molecular formula is C13H24NNaO6S. The molecule has 0 aromatic heterocycles. The SMILES string of the molecule is CC(=O)CCCCCCCCCNC(=O)COS(=O)(=O)[O-].[Na+]. The third kappa shape index (κ3) is 20.0. The summed E-state index contributed by atoms with van der Waals surface area (Å²) in [6.45, 7) is 1.28. The van der Waals surface area contributed by atoms with Gasteiger partial charge in [-0.1, -0.05) is 32.1 Å². The van der Waals surface area contributed by atoms with E-state index in [2.05, 4.69) is 9.50 Å². The van der Waals surface area contributed by atoms with Crippen LogP contribution in [0.4, 0.5) is 0 Å². The summed E-state index contributed by atoms with van der Waals surface area (Å²) in [5, 5.41) is 2.47. The fourth-order valence-corrected chi connectivity index (χ4v) is 2.04. The molecule has 0 rings (SSSR count). The van der Waals surface area contributed by atoms with Gasteiger partial charge >= 0.3 is 29.6 Å². The first-order valence-corrected chi connectivity index (χ1v) is 8.51. The Morgan fingerprint density at radius 2 is 1.50 bits per heavy atom. The normalized spacial score (nSPS) is 10.8. The number of unbranched alkanes of at least 4 members (excludes halogenated alkanes) is 6. The average Bonchev–Trinajstić information content (AvgIpc) is 2.37. The van der Waals surface area contributed by atoms with Crippen molar-refractivity contribution in [3.63, 3.8) is 0 Å². The number of hydrogen-bond acceptors (Lipinski definition) is 6. The summed E-state index contributed by atoms with van der Waals surface area (Å²) in [7, 11) is -4.81. The van der Waals surface area contributed by atoms with Crippen molar-refractivity contribution in [3.05, 3.63) is 0 Å². The molecule has 0 aromatic carbocycles. The average molecular weight is 345 g/mol. The molecule has 7 nitrogen and oxygen atoms in total. The van der Waals surface area contributed by atoms with Crippen molar-refractivity contribution in [2.45, 2.75) is 58.3 Å². The first kappa shape index (κ1) is 24.3. The van der Waals surface area contributed by atoms with Gasteiger partial charge in [-0.2, -0.15) is 0 Å². The molecule has 0 fully saturated rings. The van der Waals surface area contributed by atoms with Crippen molar-refractivity contribution in [1.82, 2.24) is 5.32 Å². The van der Waals surface area contributed by atoms with Gasteiger partial charge < -0.3 is 14.7 Å². The van der Waals surface area contributed by atoms with Crippen LogP contribution >= 0.6 is 0 Å². The Balaban J connectivity index is 0. The topological polar surface area (TPSA) is 113 Å². The zero-order valence-corrected chi connectivity index (χ0v) is 16.2. The van der Waals surface area contributed by atoms with Crippen LogP contribution in [0.1, 0.15) is 58.3 Å². The number of carbonyl (C=O) groups is 2. The van der Waals surface area contributed by atoms with Gasteiger partial charge in [0.1, 0.15) is 12.4 Å². The van der Waals surface area contributed by atoms with Crippen LogP contribution in [0.25, 0.3) is 0 Å². The molecule has 0 saturated carbocycles. The van der Waals surface area contributed by atoms with Crippen LogP contribution in [0.5, 0.6) is 0 Å². The summed E-state index contributed by atoms with van der Waals surface area (Å²) >= 11 is 0. The van der Waals surface area contributed by atoms with Crippen molar-refractivity contribution in [2.75, 3.05) is 13.2 Å². The zero-order chi connectivity index (χ0) is 16.1. The Hall–Kier alpha value is 0.01000. The van der Waals surface area contributed by atoms with E-state index in [-0.39, 0.29) is 35.3 Å². The van der Waals surface area contributed by atoms with Crippen LogP contribution in [0.2, 0.25) is 0 Å². The molecule has 1 amide bonds. The van der Waals surface area contributed by atoms with Crippen molar-refractivity contribution < 1.29 is 56.3 Å². The van der Waals surface area contributed by atoms with E-state index in [1.54, 1.807) is 6.92 Å². The Morgan fingerprint density at radius 3 is 2.00 bits per heavy atom. The van der Waals surface area contributed by atoms with E-state index < -0.39 is 22.9 Å². The van der Waals surface area contributed by atoms with Gasteiger partial charge in [-0.3, -0.25) is 8.98 Å². The summed E-state index contributed by atoms with van der Waals surface area (Å²) < 4.78 is 34.2. The van der Waals surface area contributed by atoms with Gasteiger partial charge in [-0.05, 0) is 19.8 Å². The quantitative estimate of drug-likeness (QED) is 0.184. The van der Waals surface area contributed by atoms with Crippen LogP contribution in [-0.4, -0.2) is 37.8 Å². The van der Waals surface area contributed by atoms with Crippen molar-refractivity contribution in [3.8, 4) is 0 Å². The molecule has 0 spiro atoms. The molecule has 0 aliphatic carbocycles. The number of Topliss-reactive ketones (excluding diaryl/α,β-unsaturated/α-hetero) is 1. The minimum Gasteiger partial charge on any atom is -0.726 e. The number of hydrogen-bond donors (Lipinski definition) is 1. The maximum absolute atomic E-state index is 11.1. The second kappa shape index (κ2) is 14.6. The molecule has 0 unspecified atom stereocenters. The molecule has 0 aliphatic rings. The Bertz CT molecular complexity index is 413. The first-order valence-electron chi connectivity index (χ1n) is 7.17. The number of nitrogens with one attached hydrogen (secondary N) is 1. The molecule has 0 heterocycles. The van der Waals surface area contributed by atoms with Gasteiger partial charge in [-0.15, -0.1) is 0 Å². The molecule has 124 valence electrons. The van der Waals surface area contributed by atoms with E-state index in [1.807, 2.05) is 0 Å². The summed E-state index contributed by atoms with van der Waals surface area (Å²) in [5.41, 5.74) is 0. The third-order valence-corrected chi connectivity index (χ3v) is 3.27. The number of carbonyl (C=O) groups excluding carboxylic acids is 2. The van der Waals surface area contributed by atoms with Crippen LogP contribution in [0.15, 0.2) is 0 Å². The number of rotatable bonds is 13. The molecule has 0 aliphatic heterocycles. The van der Waals surface area contributed by atoms with E-state index in [1.165, 1.54) is 0 Å².